The summed E-state index contributed by atoms with van der Waals surface area (Å²) in [5.74, 6) is 1.55. The third kappa shape index (κ3) is 3.54. The number of aromatic nitrogens is 2. The first-order valence-corrected chi connectivity index (χ1v) is 9.29. The van der Waals surface area contributed by atoms with Gasteiger partial charge in [0.25, 0.3) is 0 Å². The molecule has 0 spiro atoms. The summed E-state index contributed by atoms with van der Waals surface area (Å²) in [7, 11) is 1.62. The van der Waals surface area contributed by atoms with Crippen molar-refractivity contribution in [3.63, 3.8) is 0 Å². The average Bonchev–Trinajstić information content (AvgIpc) is 3.42. The van der Waals surface area contributed by atoms with Gasteiger partial charge in [-0.3, -0.25) is 9.59 Å². The van der Waals surface area contributed by atoms with Gasteiger partial charge < -0.3 is 19.1 Å². The number of amides is 2. The summed E-state index contributed by atoms with van der Waals surface area (Å²) in [5.41, 5.74) is 0.974. The lowest BCUT2D eigenvalue weighted by molar-refractivity contribution is -0.156. The van der Waals surface area contributed by atoms with E-state index in [-0.39, 0.29) is 18.4 Å². The highest BCUT2D eigenvalue weighted by Gasteiger charge is 2.37. The fourth-order valence-corrected chi connectivity index (χ4v) is 3.56. The predicted molar refractivity (Wildman–Crippen MR) is 98.9 cm³/mol. The van der Waals surface area contributed by atoms with Crippen LogP contribution in [0, 0.1) is 0 Å². The van der Waals surface area contributed by atoms with Crippen molar-refractivity contribution in [3.8, 4) is 5.75 Å². The van der Waals surface area contributed by atoms with Gasteiger partial charge >= 0.3 is 0 Å². The molecule has 0 radical (unpaired) electrons. The second-order valence-electron chi connectivity index (χ2n) is 7.22. The molecule has 1 aromatic carbocycles. The van der Waals surface area contributed by atoms with Crippen LogP contribution in [0.4, 0.5) is 0 Å². The SMILES string of the molecule is COc1ccc(CN2CC(=O)N(Cc3nccn3C3CC3)[C@@H](C)C2=O)cc1. The Morgan fingerprint density at radius 1 is 1.15 bits per heavy atom. The normalized spacial score (nSPS) is 20.3. The minimum absolute atomic E-state index is 0.0325. The molecule has 2 fully saturated rings. The number of hydrogen-bond acceptors (Lipinski definition) is 4. The zero-order chi connectivity index (χ0) is 19.0. The second-order valence-corrected chi connectivity index (χ2v) is 7.22. The van der Waals surface area contributed by atoms with Crippen LogP contribution in [0.5, 0.6) is 5.75 Å². The topological polar surface area (TPSA) is 67.7 Å². The summed E-state index contributed by atoms with van der Waals surface area (Å²) in [6.07, 6.45) is 6.04. The van der Waals surface area contributed by atoms with E-state index < -0.39 is 6.04 Å². The monoisotopic (exact) mass is 368 g/mol. The second kappa shape index (κ2) is 7.06. The van der Waals surface area contributed by atoms with Gasteiger partial charge in [-0.15, -0.1) is 0 Å². The van der Waals surface area contributed by atoms with Crippen molar-refractivity contribution in [3.05, 3.63) is 48.0 Å². The van der Waals surface area contributed by atoms with Crippen molar-refractivity contribution in [2.45, 2.75) is 44.9 Å². The minimum Gasteiger partial charge on any atom is -0.497 e. The van der Waals surface area contributed by atoms with Gasteiger partial charge in [-0.2, -0.15) is 0 Å². The fourth-order valence-electron chi connectivity index (χ4n) is 3.56. The molecule has 1 atom stereocenters. The van der Waals surface area contributed by atoms with Crippen LogP contribution in [0.15, 0.2) is 36.7 Å². The Hall–Kier alpha value is -2.83. The van der Waals surface area contributed by atoms with Crippen molar-refractivity contribution in [2.75, 3.05) is 13.7 Å². The molecule has 7 heteroatoms. The van der Waals surface area contributed by atoms with Crippen LogP contribution < -0.4 is 4.74 Å². The summed E-state index contributed by atoms with van der Waals surface area (Å²) in [6.45, 7) is 2.69. The Morgan fingerprint density at radius 2 is 1.89 bits per heavy atom. The Morgan fingerprint density at radius 3 is 2.56 bits per heavy atom. The Labute approximate surface area is 158 Å². The molecule has 2 amide bonds. The van der Waals surface area contributed by atoms with Crippen LogP contribution in [-0.4, -0.2) is 50.9 Å². The van der Waals surface area contributed by atoms with Crippen molar-refractivity contribution in [1.29, 1.82) is 0 Å². The van der Waals surface area contributed by atoms with E-state index in [1.54, 1.807) is 30.0 Å². The number of carbonyl (C=O) groups excluding carboxylic acids is 2. The Balaban J connectivity index is 1.45. The number of imidazole rings is 1. The summed E-state index contributed by atoms with van der Waals surface area (Å²) >= 11 is 0. The number of rotatable bonds is 6. The fraction of sp³-hybridized carbons (Fsp3) is 0.450. The molecule has 142 valence electrons. The van der Waals surface area contributed by atoms with E-state index in [4.69, 9.17) is 4.74 Å². The summed E-state index contributed by atoms with van der Waals surface area (Å²) in [5, 5.41) is 0. The first-order valence-electron chi connectivity index (χ1n) is 9.29. The first-order chi connectivity index (χ1) is 13.1. The van der Waals surface area contributed by atoms with E-state index in [0.29, 0.717) is 19.1 Å². The number of hydrogen-bond donors (Lipinski definition) is 0. The first kappa shape index (κ1) is 17.6. The molecule has 1 saturated carbocycles. The number of nitrogens with zero attached hydrogens (tertiary/aromatic N) is 4. The molecule has 27 heavy (non-hydrogen) atoms. The van der Waals surface area contributed by atoms with Crippen LogP contribution in [0.3, 0.4) is 0 Å². The van der Waals surface area contributed by atoms with Crippen molar-refractivity contribution >= 4 is 11.8 Å². The maximum atomic E-state index is 12.8. The molecule has 7 nitrogen and oxygen atoms in total. The van der Waals surface area contributed by atoms with Gasteiger partial charge in [-0.1, -0.05) is 12.1 Å². The van der Waals surface area contributed by atoms with Gasteiger partial charge in [-0.05, 0) is 37.5 Å². The lowest BCUT2D eigenvalue weighted by Crippen LogP contribution is -2.58. The molecule has 1 aromatic heterocycles. The molecule has 1 aliphatic heterocycles. The van der Waals surface area contributed by atoms with Crippen molar-refractivity contribution in [2.24, 2.45) is 0 Å². The standard InChI is InChI=1S/C20H24N4O3/c1-14-20(26)22(11-15-3-7-17(27-2)8-4-15)13-19(25)24(14)12-18-21-9-10-23(18)16-5-6-16/h3-4,7-10,14,16H,5-6,11-13H2,1-2H3/t14-/m0/s1. The smallest absolute Gasteiger partial charge is 0.245 e. The lowest BCUT2D eigenvalue weighted by atomic mass is 10.1. The highest BCUT2D eigenvalue weighted by atomic mass is 16.5. The predicted octanol–water partition coefficient (Wildman–Crippen LogP) is 1.99. The summed E-state index contributed by atoms with van der Waals surface area (Å²) in [4.78, 5) is 33.3. The third-order valence-corrected chi connectivity index (χ3v) is 5.32. The number of piperazine rings is 1. The molecule has 0 N–H and O–H groups in total. The van der Waals surface area contributed by atoms with Crippen LogP contribution in [0.25, 0.3) is 0 Å². The number of ether oxygens (including phenoxy) is 1. The molecule has 4 rings (SSSR count). The summed E-state index contributed by atoms with van der Waals surface area (Å²) < 4.78 is 7.29. The van der Waals surface area contributed by atoms with Gasteiger partial charge in [0.2, 0.25) is 11.8 Å². The summed E-state index contributed by atoms with van der Waals surface area (Å²) in [6, 6.07) is 7.56. The highest BCUT2D eigenvalue weighted by Crippen LogP contribution is 2.36. The van der Waals surface area contributed by atoms with E-state index in [2.05, 4.69) is 9.55 Å². The quantitative estimate of drug-likeness (QED) is 0.782. The molecule has 0 bridgehead atoms. The lowest BCUT2D eigenvalue weighted by Gasteiger charge is -2.38. The molecule has 2 aromatic rings. The number of benzene rings is 1. The van der Waals surface area contributed by atoms with Gasteiger partial charge in [0.1, 0.15) is 24.2 Å². The van der Waals surface area contributed by atoms with Gasteiger partial charge in [0.15, 0.2) is 0 Å². The zero-order valence-electron chi connectivity index (χ0n) is 15.7. The zero-order valence-corrected chi connectivity index (χ0v) is 15.7. The molecule has 1 saturated heterocycles. The maximum absolute atomic E-state index is 12.8. The third-order valence-electron chi connectivity index (χ3n) is 5.32. The maximum Gasteiger partial charge on any atom is 0.245 e. The van der Waals surface area contributed by atoms with Crippen LogP contribution in [0.1, 0.15) is 37.2 Å². The van der Waals surface area contributed by atoms with Gasteiger partial charge in [0.05, 0.1) is 13.7 Å². The van der Waals surface area contributed by atoms with E-state index in [1.165, 1.54) is 0 Å². The van der Waals surface area contributed by atoms with Crippen molar-refractivity contribution < 1.29 is 14.3 Å². The minimum atomic E-state index is -0.492. The molecular weight excluding hydrogens is 344 g/mol. The Bertz CT molecular complexity index is 841. The van der Waals surface area contributed by atoms with Crippen LogP contribution >= 0.6 is 0 Å². The number of carbonyl (C=O) groups is 2. The van der Waals surface area contributed by atoms with Gasteiger partial charge in [-0.25, -0.2) is 4.98 Å². The van der Waals surface area contributed by atoms with Crippen LogP contribution in [0.2, 0.25) is 0 Å². The highest BCUT2D eigenvalue weighted by molar-refractivity contribution is 5.94. The molecule has 1 aliphatic carbocycles. The van der Waals surface area contributed by atoms with E-state index in [1.807, 2.05) is 30.5 Å². The van der Waals surface area contributed by atoms with E-state index >= 15 is 0 Å². The Kier molecular flexibility index (Phi) is 4.59. The molecular formula is C20H24N4O3. The molecule has 0 unspecified atom stereocenters. The van der Waals surface area contributed by atoms with E-state index in [0.717, 1.165) is 30.0 Å². The largest absolute Gasteiger partial charge is 0.497 e. The van der Waals surface area contributed by atoms with Gasteiger partial charge in [0, 0.05) is 25.0 Å². The van der Waals surface area contributed by atoms with E-state index in [9.17, 15) is 9.59 Å². The van der Waals surface area contributed by atoms with Crippen molar-refractivity contribution in [1.82, 2.24) is 19.4 Å². The van der Waals surface area contributed by atoms with Crippen LogP contribution in [-0.2, 0) is 22.7 Å². The molecule has 2 heterocycles. The average molecular weight is 368 g/mol. The molecule has 2 aliphatic rings. The number of methoxy groups -OCH3 is 1.